The molecule has 0 spiro atoms. The van der Waals surface area contributed by atoms with Crippen molar-refractivity contribution in [2.24, 2.45) is 5.92 Å². The second kappa shape index (κ2) is 10.1. The first-order valence-electron chi connectivity index (χ1n) is 10.6. The third-order valence-electron chi connectivity index (χ3n) is 5.62. The van der Waals surface area contributed by atoms with E-state index in [0.29, 0.717) is 43.6 Å². The van der Waals surface area contributed by atoms with Crippen molar-refractivity contribution in [2.75, 3.05) is 53.0 Å². The summed E-state index contributed by atoms with van der Waals surface area (Å²) in [6.07, 6.45) is 4.99. The Hall–Kier alpha value is -2.42. The molecule has 1 aromatic carbocycles. The Kier molecular flexibility index (Phi) is 6.99. The number of para-hydroxylation sites is 1. The molecular formula is C22H30N4O4. The van der Waals surface area contributed by atoms with Crippen LogP contribution in [0.1, 0.15) is 24.5 Å². The van der Waals surface area contributed by atoms with Crippen LogP contribution in [0.2, 0.25) is 0 Å². The molecule has 4 rings (SSSR count). The molecule has 2 aromatic rings. The van der Waals surface area contributed by atoms with E-state index in [1.807, 2.05) is 18.2 Å². The van der Waals surface area contributed by atoms with Crippen molar-refractivity contribution in [1.29, 1.82) is 0 Å². The summed E-state index contributed by atoms with van der Waals surface area (Å²) in [5.74, 6) is 1.86. The molecule has 8 nitrogen and oxygen atoms in total. The minimum Gasteiger partial charge on any atom is -0.494 e. The third-order valence-corrected chi connectivity index (χ3v) is 5.62. The molecule has 2 aliphatic rings. The molecule has 2 N–H and O–H groups in total. The van der Waals surface area contributed by atoms with Crippen LogP contribution in [0, 0.1) is 5.92 Å². The van der Waals surface area contributed by atoms with Gasteiger partial charge in [0.1, 0.15) is 25.2 Å². The number of benzene rings is 1. The van der Waals surface area contributed by atoms with Gasteiger partial charge in [-0.15, -0.1) is 0 Å². The Balaban J connectivity index is 1.33. The zero-order valence-electron chi connectivity index (χ0n) is 17.4. The van der Waals surface area contributed by atoms with E-state index in [2.05, 4.69) is 20.2 Å². The van der Waals surface area contributed by atoms with Gasteiger partial charge in [0.2, 0.25) is 5.88 Å². The lowest BCUT2D eigenvalue weighted by atomic mass is 9.97. The first-order valence-corrected chi connectivity index (χ1v) is 10.6. The maximum Gasteiger partial charge on any atom is 0.232 e. The molecule has 1 fully saturated rings. The molecule has 2 unspecified atom stereocenters. The maximum absolute atomic E-state index is 11.0. The van der Waals surface area contributed by atoms with Crippen molar-refractivity contribution < 1.29 is 19.3 Å². The summed E-state index contributed by atoms with van der Waals surface area (Å²) >= 11 is 0. The van der Waals surface area contributed by atoms with E-state index >= 15 is 0 Å². The van der Waals surface area contributed by atoms with Crippen LogP contribution in [0.3, 0.4) is 0 Å². The number of rotatable bonds is 8. The summed E-state index contributed by atoms with van der Waals surface area (Å²) in [6.45, 7) is 5.39. The van der Waals surface area contributed by atoms with Gasteiger partial charge in [0, 0.05) is 18.7 Å². The smallest absolute Gasteiger partial charge is 0.232 e. The van der Waals surface area contributed by atoms with Crippen LogP contribution in [0.5, 0.6) is 5.88 Å². The molecule has 3 heterocycles. The van der Waals surface area contributed by atoms with Gasteiger partial charge in [0.15, 0.2) is 0 Å². The van der Waals surface area contributed by atoms with Crippen LogP contribution in [0.15, 0.2) is 36.4 Å². The van der Waals surface area contributed by atoms with Crippen LogP contribution >= 0.6 is 0 Å². The highest BCUT2D eigenvalue weighted by atomic mass is 16.6. The van der Waals surface area contributed by atoms with Gasteiger partial charge in [0.05, 0.1) is 37.0 Å². The monoisotopic (exact) mass is 414 g/mol. The molecule has 1 saturated heterocycles. The van der Waals surface area contributed by atoms with E-state index in [1.54, 1.807) is 19.6 Å². The molecular weight excluding hydrogens is 384 g/mol. The van der Waals surface area contributed by atoms with Crippen LogP contribution in [0.25, 0.3) is 11.0 Å². The summed E-state index contributed by atoms with van der Waals surface area (Å²) in [5.41, 5.74) is 2.25. The molecule has 2 atom stereocenters. The van der Waals surface area contributed by atoms with Crippen molar-refractivity contribution in [3.63, 3.8) is 0 Å². The lowest BCUT2D eigenvalue weighted by molar-refractivity contribution is 0.0769. The highest BCUT2D eigenvalue weighted by Gasteiger charge is 2.23. The van der Waals surface area contributed by atoms with Gasteiger partial charge < -0.3 is 29.5 Å². The Morgan fingerprint density at radius 1 is 1.37 bits per heavy atom. The number of nitrogens with one attached hydrogen (secondary N) is 1. The predicted octanol–water partition coefficient (Wildman–Crippen LogP) is 1.86. The number of aromatic nitrogens is 2. The largest absolute Gasteiger partial charge is 0.494 e. The number of methoxy groups -OCH3 is 1. The number of hydrogen-bond acceptors (Lipinski definition) is 8. The van der Waals surface area contributed by atoms with Crippen molar-refractivity contribution in [2.45, 2.75) is 18.9 Å². The van der Waals surface area contributed by atoms with Gasteiger partial charge in [-0.2, -0.15) is 0 Å². The molecule has 0 bridgehead atoms. The van der Waals surface area contributed by atoms with Gasteiger partial charge >= 0.3 is 0 Å². The summed E-state index contributed by atoms with van der Waals surface area (Å²) < 4.78 is 16.1. The zero-order chi connectivity index (χ0) is 20.8. The number of ether oxygens (including phenoxy) is 3. The number of piperidine rings is 1. The fourth-order valence-corrected chi connectivity index (χ4v) is 4.13. The number of nitrogens with zero attached hydrogens (tertiary/aromatic N) is 3. The molecule has 0 amide bonds. The van der Waals surface area contributed by atoms with E-state index in [1.165, 1.54) is 6.42 Å². The molecule has 8 heteroatoms. The van der Waals surface area contributed by atoms with Crippen molar-refractivity contribution in [1.82, 2.24) is 20.2 Å². The first kappa shape index (κ1) is 20.8. The van der Waals surface area contributed by atoms with E-state index < -0.39 is 6.10 Å². The Morgan fingerprint density at radius 2 is 2.30 bits per heavy atom. The fourth-order valence-electron chi connectivity index (χ4n) is 4.13. The van der Waals surface area contributed by atoms with Gasteiger partial charge in [-0.05, 0) is 37.9 Å². The topological polar surface area (TPSA) is 89.0 Å². The second-order valence-electron chi connectivity index (χ2n) is 7.85. The van der Waals surface area contributed by atoms with Gasteiger partial charge in [0.25, 0.3) is 0 Å². The Bertz CT molecular complexity index is 875. The van der Waals surface area contributed by atoms with E-state index in [9.17, 15) is 5.11 Å². The van der Waals surface area contributed by atoms with Gasteiger partial charge in [-0.1, -0.05) is 12.1 Å². The molecule has 0 saturated carbocycles. The summed E-state index contributed by atoms with van der Waals surface area (Å²) in [6, 6.07) is 5.73. The average Bonchev–Trinajstić information content (AvgIpc) is 2.79. The van der Waals surface area contributed by atoms with Crippen molar-refractivity contribution in [3.8, 4) is 5.88 Å². The third kappa shape index (κ3) is 5.19. The lowest BCUT2D eigenvalue weighted by Crippen LogP contribution is -2.41. The SMILES string of the molecule is COc1cnc2cccc(C(O)CN3CCCC(CNCC4=COCCO4)C3)c2n1. The fraction of sp³-hybridized carbons (Fsp3) is 0.545. The predicted molar refractivity (Wildman–Crippen MR) is 113 cm³/mol. The van der Waals surface area contributed by atoms with Crippen LogP contribution < -0.4 is 10.1 Å². The number of hydrogen-bond donors (Lipinski definition) is 2. The van der Waals surface area contributed by atoms with Crippen LogP contribution in [0.4, 0.5) is 0 Å². The Labute approximate surface area is 176 Å². The lowest BCUT2D eigenvalue weighted by Gasteiger charge is -2.34. The van der Waals surface area contributed by atoms with Crippen LogP contribution in [-0.4, -0.2) is 73.0 Å². The van der Waals surface area contributed by atoms with E-state index in [0.717, 1.165) is 42.9 Å². The van der Waals surface area contributed by atoms with Crippen molar-refractivity contribution in [3.05, 3.63) is 42.0 Å². The average molecular weight is 415 g/mol. The number of β-amino-alcohol motifs (C(OH)–C–C–N with tert-alkyl or cyclic N) is 1. The molecule has 0 aliphatic carbocycles. The minimum atomic E-state index is -0.625. The number of fused-ring (bicyclic) bond motifs is 1. The van der Waals surface area contributed by atoms with E-state index in [4.69, 9.17) is 14.2 Å². The van der Waals surface area contributed by atoms with E-state index in [-0.39, 0.29) is 0 Å². The zero-order valence-corrected chi connectivity index (χ0v) is 17.4. The summed E-state index contributed by atoms with van der Waals surface area (Å²) in [5, 5.41) is 14.4. The maximum atomic E-state index is 11.0. The molecule has 30 heavy (non-hydrogen) atoms. The highest BCUT2D eigenvalue weighted by Crippen LogP contribution is 2.26. The Morgan fingerprint density at radius 3 is 3.13 bits per heavy atom. The summed E-state index contributed by atoms with van der Waals surface area (Å²) in [7, 11) is 1.57. The second-order valence-corrected chi connectivity index (χ2v) is 7.85. The highest BCUT2D eigenvalue weighted by molar-refractivity contribution is 5.78. The molecule has 1 aromatic heterocycles. The molecule has 162 valence electrons. The number of likely N-dealkylation sites (tertiary alicyclic amines) is 1. The number of aliphatic hydroxyl groups is 1. The first-order chi connectivity index (χ1) is 14.7. The number of aliphatic hydroxyl groups excluding tert-OH is 1. The molecule has 2 aliphatic heterocycles. The minimum absolute atomic E-state index is 0.453. The molecule has 0 radical (unpaired) electrons. The quantitative estimate of drug-likeness (QED) is 0.677. The summed E-state index contributed by atoms with van der Waals surface area (Å²) in [4.78, 5) is 11.2. The van der Waals surface area contributed by atoms with Crippen LogP contribution in [-0.2, 0) is 9.47 Å². The van der Waals surface area contributed by atoms with Gasteiger partial charge in [-0.25, -0.2) is 9.97 Å². The normalized spacial score (nSPS) is 20.9. The van der Waals surface area contributed by atoms with Gasteiger partial charge in [-0.3, -0.25) is 0 Å². The standard InChI is InChI=1S/C22H30N4O4/c1-28-21-12-24-19-6-2-5-18(22(19)25-21)20(27)14-26-7-3-4-16(13-26)10-23-11-17-15-29-8-9-30-17/h2,5-6,12,15-16,20,23,27H,3-4,7-11,13-14H2,1H3. The van der Waals surface area contributed by atoms with Crippen molar-refractivity contribution >= 4 is 11.0 Å².